The Morgan fingerprint density at radius 3 is 2.29 bits per heavy atom. The first kappa shape index (κ1) is 19.8. The molecule has 0 radical (unpaired) electrons. The maximum atomic E-state index is 13.6. The summed E-state index contributed by atoms with van der Waals surface area (Å²) in [7, 11) is 0. The largest absolute Gasteiger partial charge is 0.336 e. The Morgan fingerprint density at radius 1 is 1.00 bits per heavy atom. The number of halogens is 2. The van der Waals surface area contributed by atoms with E-state index in [1.165, 1.54) is 11.6 Å². The normalized spacial score (nSPS) is 11.1. The molecule has 0 saturated carbocycles. The van der Waals surface area contributed by atoms with Crippen molar-refractivity contribution in [2.45, 2.75) is 40.2 Å². The summed E-state index contributed by atoms with van der Waals surface area (Å²) in [6, 6.07) is 13.5. The van der Waals surface area contributed by atoms with Crippen molar-refractivity contribution in [3.05, 3.63) is 88.2 Å². The van der Waals surface area contributed by atoms with Crippen molar-refractivity contribution >= 4 is 11.6 Å². The topological polar surface area (TPSA) is 34.0 Å². The molecular formula is C23H24F2N2O. The molecule has 3 nitrogen and oxygen atoms in total. The summed E-state index contributed by atoms with van der Waals surface area (Å²) in [5.74, 6) is -1.59. The number of carbonyl (C=O) groups excluding carboxylic acids is 1. The Kier molecular flexibility index (Phi) is 5.63. The number of aryl methyl sites for hydroxylation is 2. The third-order valence-corrected chi connectivity index (χ3v) is 4.87. The van der Waals surface area contributed by atoms with Crippen LogP contribution in [0.15, 0.2) is 48.5 Å². The number of benzene rings is 2. The molecule has 0 spiro atoms. The summed E-state index contributed by atoms with van der Waals surface area (Å²) in [6.07, 6.45) is 0. The SMILES string of the molecule is Cc1cc(C)n(Cc2ccc(F)c(F)c2)c1C(=O)Nc1ccc(C(C)C)cc1. The van der Waals surface area contributed by atoms with Crippen molar-refractivity contribution < 1.29 is 13.6 Å². The Morgan fingerprint density at radius 2 is 1.68 bits per heavy atom. The van der Waals surface area contributed by atoms with Crippen LogP contribution in [-0.2, 0) is 6.54 Å². The zero-order valence-corrected chi connectivity index (χ0v) is 16.5. The minimum Gasteiger partial charge on any atom is -0.336 e. The number of carbonyl (C=O) groups is 1. The van der Waals surface area contributed by atoms with Gasteiger partial charge >= 0.3 is 0 Å². The van der Waals surface area contributed by atoms with Crippen LogP contribution in [-0.4, -0.2) is 10.5 Å². The lowest BCUT2D eigenvalue weighted by Gasteiger charge is -2.14. The Labute approximate surface area is 164 Å². The number of anilines is 1. The summed E-state index contributed by atoms with van der Waals surface area (Å²) >= 11 is 0. The standard InChI is InChI=1S/C23H24F2N2O/c1-14(2)18-6-8-19(9-7-18)26-23(28)22-15(3)11-16(4)27(22)13-17-5-10-20(24)21(25)12-17/h5-12,14H,13H2,1-4H3,(H,26,28). The minimum atomic E-state index is -0.893. The van der Waals surface area contributed by atoms with E-state index in [9.17, 15) is 13.6 Å². The van der Waals surface area contributed by atoms with E-state index in [0.29, 0.717) is 22.9 Å². The second-order valence-electron chi connectivity index (χ2n) is 7.38. The van der Waals surface area contributed by atoms with E-state index in [-0.39, 0.29) is 12.5 Å². The van der Waals surface area contributed by atoms with E-state index < -0.39 is 11.6 Å². The van der Waals surface area contributed by atoms with Gasteiger partial charge in [-0.15, -0.1) is 0 Å². The van der Waals surface area contributed by atoms with Gasteiger partial charge < -0.3 is 9.88 Å². The van der Waals surface area contributed by atoms with Gasteiger partial charge in [0.1, 0.15) is 5.69 Å². The fourth-order valence-electron chi connectivity index (χ4n) is 3.32. The van der Waals surface area contributed by atoms with Crippen molar-refractivity contribution in [3.8, 4) is 0 Å². The molecular weight excluding hydrogens is 358 g/mol. The molecule has 1 heterocycles. The van der Waals surface area contributed by atoms with Crippen molar-refractivity contribution in [1.29, 1.82) is 0 Å². The van der Waals surface area contributed by atoms with Crippen LogP contribution >= 0.6 is 0 Å². The second-order valence-corrected chi connectivity index (χ2v) is 7.38. The summed E-state index contributed by atoms with van der Waals surface area (Å²) in [6.45, 7) is 8.27. The fraction of sp³-hybridized carbons (Fsp3) is 0.261. The molecule has 0 aliphatic rings. The zero-order chi connectivity index (χ0) is 20.4. The summed E-state index contributed by atoms with van der Waals surface area (Å²) in [4.78, 5) is 12.9. The van der Waals surface area contributed by atoms with E-state index >= 15 is 0 Å². The summed E-state index contributed by atoms with van der Waals surface area (Å²) in [5, 5.41) is 2.93. The van der Waals surface area contributed by atoms with E-state index in [0.717, 1.165) is 23.4 Å². The fourth-order valence-corrected chi connectivity index (χ4v) is 3.32. The number of hydrogen-bond acceptors (Lipinski definition) is 1. The third-order valence-electron chi connectivity index (χ3n) is 4.87. The first-order valence-corrected chi connectivity index (χ1v) is 9.28. The van der Waals surface area contributed by atoms with Crippen molar-refractivity contribution in [2.24, 2.45) is 0 Å². The van der Waals surface area contributed by atoms with Gasteiger partial charge in [0.15, 0.2) is 11.6 Å². The number of amides is 1. The van der Waals surface area contributed by atoms with Gasteiger partial charge in [0.05, 0.1) is 0 Å². The summed E-state index contributed by atoms with van der Waals surface area (Å²) < 4.78 is 28.6. The lowest BCUT2D eigenvalue weighted by Crippen LogP contribution is -2.19. The van der Waals surface area contributed by atoms with Gasteiger partial charge in [-0.25, -0.2) is 8.78 Å². The van der Waals surface area contributed by atoms with Crippen LogP contribution in [0.4, 0.5) is 14.5 Å². The Balaban J connectivity index is 1.86. The van der Waals surface area contributed by atoms with Gasteiger partial charge in [-0.05, 0) is 66.8 Å². The zero-order valence-electron chi connectivity index (χ0n) is 16.5. The molecule has 0 fully saturated rings. The van der Waals surface area contributed by atoms with Gasteiger partial charge in [-0.2, -0.15) is 0 Å². The molecule has 0 unspecified atom stereocenters. The molecule has 1 N–H and O–H groups in total. The molecule has 1 amide bonds. The monoisotopic (exact) mass is 382 g/mol. The number of nitrogens with one attached hydrogen (secondary N) is 1. The van der Waals surface area contributed by atoms with Crippen LogP contribution in [0.1, 0.15) is 52.6 Å². The maximum Gasteiger partial charge on any atom is 0.272 e. The number of aromatic nitrogens is 1. The highest BCUT2D eigenvalue weighted by molar-refractivity contribution is 6.04. The molecule has 28 heavy (non-hydrogen) atoms. The van der Waals surface area contributed by atoms with Gasteiger partial charge in [-0.3, -0.25) is 4.79 Å². The van der Waals surface area contributed by atoms with Crippen LogP contribution in [0.5, 0.6) is 0 Å². The molecule has 1 aromatic heterocycles. The highest BCUT2D eigenvalue weighted by atomic mass is 19.2. The van der Waals surface area contributed by atoms with Crippen LogP contribution in [0.3, 0.4) is 0 Å². The maximum absolute atomic E-state index is 13.6. The van der Waals surface area contributed by atoms with Crippen LogP contribution in [0.2, 0.25) is 0 Å². The van der Waals surface area contributed by atoms with Crippen molar-refractivity contribution in [3.63, 3.8) is 0 Å². The Bertz CT molecular complexity index is 1000. The lowest BCUT2D eigenvalue weighted by atomic mass is 10.0. The molecule has 0 aliphatic carbocycles. The number of hydrogen-bond donors (Lipinski definition) is 1. The van der Waals surface area contributed by atoms with Gasteiger partial charge in [-0.1, -0.05) is 32.0 Å². The molecule has 0 aliphatic heterocycles. The van der Waals surface area contributed by atoms with Gasteiger partial charge in [0.2, 0.25) is 0 Å². The highest BCUT2D eigenvalue weighted by Gasteiger charge is 2.18. The highest BCUT2D eigenvalue weighted by Crippen LogP contribution is 2.21. The molecule has 0 saturated heterocycles. The lowest BCUT2D eigenvalue weighted by molar-refractivity contribution is 0.101. The van der Waals surface area contributed by atoms with Crippen LogP contribution in [0, 0.1) is 25.5 Å². The Hall–Kier alpha value is -2.95. The third kappa shape index (κ3) is 4.14. The molecule has 146 valence electrons. The molecule has 0 bridgehead atoms. The number of nitrogens with zero attached hydrogens (tertiary/aromatic N) is 1. The predicted molar refractivity (Wildman–Crippen MR) is 108 cm³/mol. The molecule has 3 rings (SSSR count). The van der Waals surface area contributed by atoms with Gasteiger partial charge in [0, 0.05) is 17.9 Å². The van der Waals surface area contributed by atoms with E-state index in [1.54, 1.807) is 0 Å². The average molecular weight is 382 g/mol. The van der Waals surface area contributed by atoms with Crippen molar-refractivity contribution in [1.82, 2.24) is 4.57 Å². The predicted octanol–water partition coefficient (Wildman–Crippen LogP) is 5.81. The summed E-state index contributed by atoms with van der Waals surface area (Å²) in [5.41, 5.74) is 4.72. The quantitative estimate of drug-likeness (QED) is 0.594. The molecule has 5 heteroatoms. The molecule has 2 aromatic carbocycles. The smallest absolute Gasteiger partial charge is 0.272 e. The number of rotatable bonds is 5. The van der Waals surface area contributed by atoms with Crippen LogP contribution in [0.25, 0.3) is 0 Å². The minimum absolute atomic E-state index is 0.231. The average Bonchev–Trinajstić information content (AvgIpc) is 2.92. The van der Waals surface area contributed by atoms with E-state index in [4.69, 9.17) is 0 Å². The van der Waals surface area contributed by atoms with Gasteiger partial charge in [0.25, 0.3) is 5.91 Å². The first-order valence-electron chi connectivity index (χ1n) is 9.28. The van der Waals surface area contributed by atoms with E-state index in [2.05, 4.69) is 19.2 Å². The van der Waals surface area contributed by atoms with Crippen molar-refractivity contribution in [2.75, 3.05) is 5.32 Å². The van der Waals surface area contributed by atoms with E-state index in [1.807, 2.05) is 48.7 Å². The molecule has 3 aromatic rings. The molecule has 0 atom stereocenters. The van der Waals surface area contributed by atoms with Crippen LogP contribution < -0.4 is 5.32 Å². The second kappa shape index (κ2) is 7.97. The first-order chi connectivity index (χ1) is 13.3.